The molecular formula is C25H32ClFO5. The lowest BCUT2D eigenvalue weighted by molar-refractivity contribution is -0.177. The van der Waals surface area contributed by atoms with Crippen molar-refractivity contribution in [1.29, 1.82) is 0 Å². The molecule has 32 heavy (non-hydrogen) atoms. The number of rotatable bonds is 4. The first-order chi connectivity index (χ1) is 14.9. The summed E-state index contributed by atoms with van der Waals surface area (Å²) < 4.78 is 21.3. The van der Waals surface area contributed by atoms with Crippen LogP contribution in [0.25, 0.3) is 0 Å². The van der Waals surface area contributed by atoms with Crippen LogP contribution in [0.1, 0.15) is 59.8 Å². The molecule has 4 aliphatic rings. The zero-order chi connectivity index (χ0) is 23.7. The lowest BCUT2D eigenvalue weighted by atomic mass is 9.46. The molecule has 4 rings (SSSR count). The first-order valence-corrected chi connectivity index (χ1v) is 11.9. The fourth-order valence-electron chi connectivity index (χ4n) is 7.43. The summed E-state index contributed by atoms with van der Waals surface area (Å²) in [6.45, 7) is 6.61. The molecule has 0 radical (unpaired) electrons. The lowest BCUT2D eigenvalue weighted by Gasteiger charge is -2.63. The van der Waals surface area contributed by atoms with Gasteiger partial charge in [-0.2, -0.15) is 0 Å². The lowest BCUT2D eigenvalue weighted by Crippen LogP contribution is -2.68. The second kappa shape index (κ2) is 7.49. The largest absolute Gasteiger partial charge is 0.458 e. The molecule has 0 aromatic rings. The van der Waals surface area contributed by atoms with Crippen molar-refractivity contribution >= 4 is 29.1 Å². The van der Waals surface area contributed by atoms with E-state index in [1.165, 1.54) is 6.08 Å². The fraction of sp³-hybridized carbons (Fsp3) is 0.720. The number of Topliss-reactive ketones (excluding diaryl/α,β-unsaturated/α-hetero) is 1. The maximum Gasteiger partial charge on any atom is 0.305 e. The number of ketones is 2. The fourth-order valence-corrected chi connectivity index (χ4v) is 7.96. The van der Waals surface area contributed by atoms with E-state index in [2.05, 4.69) is 0 Å². The Morgan fingerprint density at radius 3 is 2.66 bits per heavy atom. The van der Waals surface area contributed by atoms with Gasteiger partial charge in [-0.1, -0.05) is 39.3 Å². The van der Waals surface area contributed by atoms with Crippen molar-refractivity contribution in [2.45, 2.75) is 76.4 Å². The zero-order valence-corrected chi connectivity index (χ0v) is 19.9. The van der Waals surface area contributed by atoms with Gasteiger partial charge in [0.15, 0.2) is 12.4 Å². The number of alkyl halides is 2. The van der Waals surface area contributed by atoms with Crippen LogP contribution in [-0.2, 0) is 19.1 Å². The maximum atomic E-state index is 16.2. The Bertz CT molecular complexity index is 929. The van der Waals surface area contributed by atoms with Crippen molar-refractivity contribution in [3.8, 4) is 0 Å². The normalized spacial score (nSPS) is 47.2. The Hall–Kier alpha value is -1.53. The molecule has 0 bridgehead atoms. The molecule has 0 aromatic heterocycles. The highest BCUT2D eigenvalue weighted by atomic mass is 35.5. The van der Waals surface area contributed by atoms with E-state index in [1.807, 2.05) is 6.92 Å². The summed E-state index contributed by atoms with van der Waals surface area (Å²) in [6.07, 6.45) is 5.11. The van der Waals surface area contributed by atoms with Gasteiger partial charge in [0.1, 0.15) is 11.8 Å². The van der Waals surface area contributed by atoms with Gasteiger partial charge in [-0.15, -0.1) is 11.6 Å². The molecule has 3 saturated carbocycles. The van der Waals surface area contributed by atoms with Crippen LogP contribution < -0.4 is 0 Å². The first kappa shape index (κ1) is 23.6. The summed E-state index contributed by atoms with van der Waals surface area (Å²) in [6, 6.07) is 0. The van der Waals surface area contributed by atoms with Crippen molar-refractivity contribution in [1.82, 2.24) is 0 Å². The van der Waals surface area contributed by atoms with Gasteiger partial charge in [0.2, 0.25) is 5.78 Å². The topological polar surface area (TPSA) is 80.7 Å². The summed E-state index contributed by atoms with van der Waals surface area (Å²) in [4.78, 5) is 35.5. The number of ether oxygens (including phenoxy) is 1. The number of carbonyl (C=O) groups excluding carboxylic acids is 3. The first-order valence-electron chi connectivity index (χ1n) is 11.5. The van der Waals surface area contributed by atoms with Crippen molar-refractivity contribution in [2.75, 3.05) is 6.61 Å². The minimum Gasteiger partial charge on any atom is -0.458 e. The molecular weight excluding hydrogens is 435 g/mol. The number of hydrogen-bond donors (Lipinski definition) is 1. The van der Waals surface area contributed by atoms with Crippen molar-refractivity contribution < 1.29 is 28.6 Å². The zero-order valence-electron chi connectivity index (χ0n) is 19.1. The molecule has 4 aliphatic carbocycles. The van der Waals surface area contributed by atoms with E-state index in [9.17, 15) is 19.5 Å². The van der Waals surface area contributed by atoms with E-state index in [-0.39, 0.29) is 30.5 Å². The van der Waals surface area contributed by atoms with Gasteiger partial charge >= 0.3 is 5.97 Å². The third-order valence-electron chi connectivity index (χ3n) is 9.26. The van der Waals surface area contributed by atoms with Crippen molar-refractivity contribution in [3.63, 3.8) is 0 Å². The number of carbonyl (C=O) groups is 3. The summed E-state index contributed by atoms with van der Waals surface area (Å²) in [7, 11) is 0. The third-order valence-corrected chi connectivity index (χ3v) is 10.2. The highest BCUT2D eigenvalue weighted by Gasteiger charge is 2.75. The molecule has 8 atom stereocenters. The predicted molar refractivity (Wildman–Crippen MR) is 118 cm³/mol. The second-order valence-corrected chi connectivity index (χ2v) is 11.2. The number of hydrogen-bond acceptors (Lipinski definition) is 5. The molecule has 1 N–H and O–H groups in total. The Kier molecular flexibility index (Phi) is 5.53. The van der Waals surface area contributed by atoms with Crippen LogP contribution in [0.15, 0.2) is 23.8 Å². The Labute approximate surface area is 193 Å². The van der Waals surface area contributed by atoms with Crippen LogP contribution in [0.5, 0.6) is 0 Å². The third kappa shape index (κ3) is 2.81. The Morgan fingerprint density at radius 1 is 1.31 bits per heavy atom. The number of allylic oxidation sites excluding steroid dienone is 4. The monoisotopic (exact) mass is 466 g/mol. The average molecular weight is 467 g/mol. The molecule has 0 amide bonds. The van der Waals surface area contributed by atoms with E-state index in [4.69, 9.17) is 16.3 Å². The van der Waals surface area contributed by atoms with Crippen LogP contribution in [0, 0.1) is 28.6 Å². The van der Waals surface area contributed by atoms with Crippen LogP contribution >= 0.6 is 11.6 Å². The van der Waals surface area contributed by atoms with Gasteiger partial charge in [0.05, 0.1) is 4.87 Å². The summed E-state index contributed by atoms with van der Waals surface area (Å²) in [5.74, 6) is -2.08. The molecule has 0 aromatic carbocycles. The highest BCUT2D eigenvalue weighted by molar-refractivity contribution is 6.26. The molecule has 3 fully saturated rings. The van der Waals surface area contributed by atoms with Gasteiger partial charge in [-0.05, 0) is 55.6 Å². The van der Waals surface area contributed by atoms with Crippen LogP contribution in [0.3, 0.4) is 0 Å². The molecule has 5 nitrogen and oxygen atoms in total. The van der Waals surface area contributed by atoms with Gasteiger partial charge in [0, 0.05) is 17.3 Å². The summed E-state index contributed by atoms with van der Waals surface area (Å²) in [5, 5.41) is 11.8. The van der Waals surface area contributed by atoms with Crippen LogP contribution in [-0.4, -0.2) is 45.9 Å². The molecule has 0 aliphatic heterocycles. The minimum atomic E-state index is -1.80. The van der Waals surface area contributed by atoms with E-state index >= 15 is 4.39 Å². The maximum absolute atomic E-state index is 16.2. The summed E-state index contributed by atoms with van der Waals surface area (Å²) in [5.41, 5.74) is -2.79. The Morgan fingerprint density at radius 2 is 2.00 bits per heavy atom. The van der Waals surface area contributed by atoms with Crippen molar-refractivity contribution in [3.05, 3.63) is 23.8 Å². The highest BCUT2D eigenvalue weighted by Crippen LogP contribution is 2.71. The van der Waals surface area contributed by atoms with Gasteiger partial charge < -0.3 is 9.84 Å². The van der Waals surface area contributed by atoms with E-state index in [0.29, 0.717) is 19.3 Å². The number of aliphatic hydroxyl groups is 1. The molecule has 0 saturated heterocycles. The van der Waals surface area contributed by atoms with E-state index in [1.54, 1.807) is 32.9 Å². The molecule has 0 heterocycles. The van der Waals surface area contributed by atoms with E-state index < -0.39 is 51.8 Å². The number of halogens is 2. The smallest absolute Gasteiger partial charge is 0.305 e. The van der Waals surface area contributed by atoms with Gasteiger partial charge in [0.25, 0.3) is 0 Å². The SMILES string of the molecule is CCC(=O)OCC(=O)[C@@]1(O)[C@@H](C)C[C@H]2[C@@H]3CCC4=CC(=O)C=C[C@]4(C)[C@@]3(Cl)[C@@H](F)C[C@@]21C. The standard InChI is InChI=1S/C25H32ClFO5/c1-5-21(30)32-13-20(29)25(31)14(2)10-18-17-7-6-15-11-16(28)8-9-22(15,3)24(17,26)19(27)12-23(18,25)4/h8-9,11,14,17-19,31H,5-7,10,12-13H2,1-4H3/t14-,17-,18-,19-,22-,23-,24-,25-/m0/s1. The van der Waals surface area contributed by atoms with Gasteiger partial charge in [-0.3, -0.25) is 14.4 Å². The number of esters is 1. The average Bonchev–Trinajstić information content (AvgIpc) is 2.94. The Balaban J connectivity index is 1.73. The minimum absolute atomic E-state index is 0.0728. The van der Waals surface area contributed by atoms with E-state index in [0.717, 1.165) is 5.57 Å². The molecule has 0 spiro atoms. The molecule has 0 unspecified atom stereocenters. The second-order valence-electron chi connectivity index (χ2n) is 10.6. The number of fused-ring (bicyclic) bond motifs is 5. The van der Waals surface area contributed by atoms with Gasteiger partial charge in [-0.25, -0.2) is 4.39 Å². The van der Waals surface area contributed by atoms with Crippen LogP contribution in [0.2, 0.25) is 0 Å². The quantitative estimate of drug-likeness (QED) is 0.498. The molecule has 7 heteroatoms. The van der Waals surface area contributed by atoms with Crippen molar-refractivity contribution in [2.24, 2.45) is 28.6 Å². The summed E-state index contributed by atoms with van der Waals surface area (Å²) >= 11 is 7.25. The molecule has 176 valence electrons. The predicted octanol–water partition coefficient (Wildman–Crippen LogP) is 4.10. The van der Waals surface area contributed by atoms with Crippen LogP contribution in [0.4, 0.5) is 4.39 Å².